The van der Waals surface area contributed by atoms with E-state index in [0.717, 1.165) is 4.47 Å². The van der Waals surface area contributed by atoms with Gasteiger partial charge in [0.25, 0.3) is 0 Å². The monoisotopic (exact) mass is 268 g/mol. The maximum atomic E-state index is 4.30. The van der Waals surface area contributed by atoms with Gasteiger partial charge >= 0.3 is 0 Å². The highest BCUT2D eigenvalue weighted by Gasteiger charge is 2.31. The van der Waals surface area contributed by atoms with E-state index in [9.17, 15) is 0 Å². The van der Waals surface area contributed by atoms with Crippen LogP contribution in [0.2, 0.25) is 0 Å². The molecule has 14 heavy (non-hydrogen) atoms. The normalized spacial score (nSPS) is 19.6. The highest BCUT2D eigenvalue weighted by atomic mass is 79.9. The summed E-state index contributed by atoms with van der Waals surface area (Å²) < 4.78 is 5.42. The lowest BCUT2D eigenvalue weighted by molar-refractivity contribution is 0.996. The first-order valence-corrected chi connectivity index (χ1v) is 6.19. The molecule has 4 heteroatoms. The van der Waals surface area contributed by atoms with Crippen molar-refractivity contribution in [2.75, 3.05) is 4.90 Å². The van der Waals surface area contributed by atoms with Gasteiger partial charge in [-0.25, -0.2) is 4.40 Å². The van der Waals surface area contributed by atoms with Crippen LogP contribution in [0.3, 0.4) is 0 Å². The van der Waals surface area contributed by atoms with Crippen molar-refractivity contribution in [1.82, 2.24) is 0 Å². The molecule has 2 aliphatic rings. The smallest absolute Gasteiger partial charge is 0.104 e. The number of anilines is 1. The molecule has 1 saturated carbocycles. The molecule has 1 aliphatic heterocycles. The molecule has 3 rings (SSSR count). The molecule has 2 nitrogen and oxygen atoms in total. The molecule has 1 heterocycles. The molecule has 0 bridgehead atoms. The first-order valence-electron chi connectivity index (χ1n) is 4.63. The summed E-state index contributed by atoms with van der Waals surface area (Å²) in [6.45, 7) is 0. The van der Waals surface area contributed by atoms with E-state index in [1.807, 2.05) is 6.34 Å². The van der Waals surface area contributed by atoms with Crippen LogP contribution in [0.25, 0.3) is 0 Å². The van der Waals surface area contributed by atoms with Crippen LogP contribution < -0.4 is 4.90 Å². The Morgan fingerprint density at radius 2 is 2.29 bits per heavy atom. The minimum atomic E-state index is 0.694. The Morgan fingerprint density at radius 3 is 3.07 bits per heavy atom. The van der Waals surface area contributed by atoms with Gasteiger partial charge in [0.05, 0.1) is 10.6 Å². The van der Waals surface area contributed by atoms with Crippen molar-refractivity contribution in [3.63, 3.8) is 0 Å². The Balaban J connectivity index is 2.04. The average molecular weight is 269 g/mol. The standard InChI is InChI=1S/C10H9BrN2S/c11-7-1-4-9-10(5-7)14-12-6-13(9)8-2-3-8/h1,4-6,8H,2-3H2. The fraction of sp³-hybridized carbons (Fsp3) is 0.300. The minimum Gasteiger partial charge on any atom is -0.328 e. The summed E-state index contributed by atoms with van der Waals surface area (Å²) in [5.41, 5.74) is 1.30. The zero-order chi connectivity index (χ0) is 9.54. The van der Waals surface area contributed by atoms with Gasteiger partial charge in [0.1, 0.15) is 6.34 Å². The van der Waals surface area contributed by atoms with Crippen molar-refractivity contribution in [2.24, 2.45) is 4.40 Å². The molecular weight excluding hydrogens is 260 g/mol. The van der Waals surface area contributed by atoms with E-state index in [1.165, 1.54) is 23.4 Å². The van der Waals surface area contributed by atoms with Gasteiger partial charge in [0.2, 0.25) is 0 Å². The fourth-order valence-corrected chi connectivity index (χ4v) is 2.83. The van der Waals surface area contributed by atoms with Gasteiger partial charge < -0.3 is 4.90 Å². The molecule has 0 amide bonds. The predicted molar refractivity (Wildman–Crippen MR) is 64.0 cm³/mol. The van der Waals surface area contributed by atoms with Crippen molar-refractivity contribution in [1.29, 1.82) is 0 Å². The van der Waals surface area contributed by atoms with Crippen LogP contribution >= 0.6 is 27.9 Å². The van der Waals surface area contributed by atoms with E-state index < -0.39 is 0 Å². The number of rotatable bonds is 1. The van der Waals surface area contributed by atoms with Crippen LogP contribution in [0, 0.1) is 0 Å². The van der Waals surface area contributed by atoms with Gasteiger partial charge in [-0.05, 0) is 31.0 Å². The lowest BCUT2D eigenvalue weighted by Gasteiger charge is -2.24. The molecule has 1 aromatic carbocycles. The molecule has 72 valence electrons. The molecule has 0 radical (unpaired) electrons. The average Bonchev–Trinajstić information content (AvgIpc) is 2.99. The SMILES string of the molecule is Brc1ccc2c(c1)SN=CN2C1CC1. The largest absolute Gasteiger partial charge is 0.328 e. The summed E-state index contributed by atoms with van der Waals surface area (Å²) in [6.07, 6.45) is 4.55. The maximum absolute atomic E-state index is 4.30. The van der Waals surface area contributed by atoms with E-state index in [-0.39, 0.29) is 0 Å². The lowest BCUT2D eigenvalue weighted by Crippen LogP contribution is -2.25. The summed E-state index contributed by atoms with van der Waals surface area (Å²) in [6, 6.07) is 7.08. The van der Waals surface area contributed by atoms with Gasteiger partial charge in [-0.3, -0.25) is 0 Å². The summed E-state index contributed by atoms with van der Waals surface area (Å²) in [5, 5.41) is 0. The summed E-state index contributed by atoms with van der Waals surface area (Å²) in [4.78, 5) is 3.53. The molecule has 0 N–H and O–H groups in total. The third-order valence-electron chi connectivity index (χ3n) is 2.46. The molecule has 0 spiro atoms. The lowest BCUT2D eigenvalue weighted by atomic mass is 10.3. The third-order valence-corrected chi connectivity index (χ3v) is 3.68. The van der Waals surface area contributed by atoms with Crippen LogP contribution in [0.1, 0.15) is 12.8 Å². The van der Waals surface area contributed by atoms with Crippen molar-refractivity contribution in [2.45, 2.75) is 23.8 Å². The number of hydrogen-bond acceptors (Lipinski definition) is 3. The van der Waals surface area contributed by atoms with Gasteiger partial charge in [0.15, 0.2) is 0 Å². The quantitative estimate of drug-likeness (QED) is 0.725. The molecule has 0 atom stereocenters. The summed E-state index contributed by atoms with van der Waals surface area (Å²) in [7, 11) is 0. The van der Waals surface area contributed by atoms with E-state index in [1.54, 1.807) is 11.9 Å². The minimum absolute atomic E-state index is 0.694. The number of benzene rings is 1. The van der Waals surface area contributed by atoms with Gasteiger partial charge in [-0.1, -0.05) is 15.9 Å². The molecule has 0 unspecified atom stereocenters. The molecule has 1 aromatic rings. The zero-order valence-corrected chi connectivity index (χ0v) is 9.88. The van der Waals surface area contributed by atoms with Crippen molar-refractivity contribution >= 4 is 39.9 Å². The zero-order valence-electron chi connectivity index (χ0n) is 7.48. The number of nitrogens with zero attached hydrogens (tertiary/aromatic N) is 2. The van der Waals surface area contributed by atoms with Gasteiger partial charge in [0, 0.05) is 22.5 Å². The first kappa shape index (κ1) is 8.80. The Hall–Kier alpha value is -0.480. The predicted octanol–water partition coefficient (Wildman–Crippen LogP) is 3.47. The van der Waals surface area contributed by atoms with E-state index in [0.29, 0.717) is 6.04 Å². The Labute approximate surface area is 95.7 Å². The number of fused-ring (bicyclic) bond motifs is 1. The molecule has 1 fully saturated rings. The first-order chi connectivity index (χ1) is 6.84. The molecule has 1 aliphatic carbocycles. The van der Waals surface area contributed by atoms with Crippen LogP contribution in [-0.2, 0) is 0 Å². The van der Waals surface area contributed by atoms with E-state index in [2.05, 4.69) is 43.4 Å². The highest BCUT2D eigenvalue weighted by molar-refractivity contribution is 9.10. The fourth-order valence-electron chi connectivity index (χ4n) is 1.61. The molecular formula is C10H9BrN2S. The third kappa shape index (κ3) is 1.46. The maximum Gasteiger partial charge on any atom is 0.104 e. The van der Waals surface area contributed by atoms with Gasteiger partial charge in [-0.2, -0.15) is 0 Å². The van der Waals surface area contributed by atoms with E-state index in [4.69, 9.17) is 0 Å². The second-order valence-corrected chi connectivity index (χ2v) is 5.31. The second-order valence-electron chi connectivity index (χ2n) is 3.56. The Bertz CT molecular complexity index is 401. The summed E-state index contributed by atoms with van der Waals surface area (Å²) in [5.74, 6) is 0. The molecule has 0 saturated heterocycles. The molecule has 0 aromatic heterocycles. The van der Waals surface area contributed by atoms with Crippen molar-refractivity contribution in [3.8, 4) is 0 Å². The summed E-state index contributed by atoms with van der Waals surface area (Å²) >= 11 is 5.03. The Morgan fingerprint density at radius 1 is 1.43 bits per heavy atom. The highest BCUT2D eigenvalue weighted by Crippen LogP contribution is 2.40. The van der Waals surface area contributed by atoms with Crippen molar-refractivity contribution in [3.05, 3.63) is 22.7 Å². The Kier molecular flexibility index (Phi) is 2.06. The van der Waals surface area contributed by atoms with Crippen LogP contribution in [-0.4, -0.2) is 12.4 Å². The number of hydrogen-bond donors (Lipinski definition) is 0. The van der Waals surface area contributed by atoms with Crippen LogP contribution in [0.5, 0.6) is 0 Å². The second kappa shape index (κ2) is 3.28. The van der Waals surface area contributed by atoms with Crippen molar-refractivity contribution < 1.29 is 0 Å². The van der Waals surface area contributed by atoms with Gasteiger partial charge in [-0.15, -0.1) is 0 Å². The van der Waals surface area contributed by atoms with E-state index >= 15 is 0 Å². The van der Waals surface area contributed by atoms with Crippen LogP contribution in [0.15, 0.2) is 32.0 Å². The topological polar surface area (TPSA) is 15.6 Å². The number of halogens is 1. The van der Waals surface area contributed by atoms with Crippen LogP contribution in [0.4, 0.5) is 5.69 Å².